The molecular weight excluding hydrogens is 204 g/mol. The van der Waals surface area contributed by atoms with Crippen LogP contribution in [0.5, 0.6) is 0 Å². The Morgan fingerprint density at radius 2 is 2.19 bits per heavy atom. The maximum Gasteiger partial charge on any atom is 0.337 e. The molecule has 0 atom stereocenters. The van der Waals surface area contributed by atoms with Gasteiger partial charge in [0, 0.05) is 17.8 Å². The molecule has 1 aromatic carbocycles. The van der Waals surface area contributed by atoms with Gasteiger partial charge in [-0.3, -0.25) is 0 Å². The van der Waals surface area contributed by atoms with E-state index in [4.69, 9.17) is 5.73 Å². The molecule has 0 heterocycles. The number of anilines is 1. The molecule has 0 radical (unpaired) electrons. The fourth-order valence-corrected chi connectivity index (χ4v) is 1.28. The largest absolute Gasteiger partial charge is 0.465 e. The minimum atomic E-state index is -0.339. The number of rotatable bonds is 4. The average Bonchev–Trinajstić information content (AvgIpc) is 2.28. The molecule has 1 aromatic rings. The van der Waals surface area contributed by atoms with E-state index >= 15 is 0 Å². The molecule has 1 rings (SSSR count). The van der Waals surface area contributed by atoms with Crippen molar-refractivity contribution in [3.05, 3.63) is 29.8 Å². The highest BCUT2D eigenvalue weighted by Crippen LogP contribution is 2.16. The van der Waals surface area contributed by atoms with Crippen LogP contribution < -0.4 is 11.1 Å². The van der Waals surface area contributed by atoms with E-state index in [1.165, 1.54) is 7.11 Å². The summed E-state index contributed by atoms with van der Waals surface area (Å²) < 4.78 is 4.66. The van der Waals surface area contributed by atoms with E-state index in [1.807, 2.05) is 19.9 Å². The van der Waals surface area contributed by atoms with E-state index in [-0.39, 0.29) is 11.5 Å². The number of carbonyl (C=O) groups is 1. The number of ether oxygens (including phenoxy) is 1. The Balaban J connectivity index is 2.87. The first-order valence-corrected chi connectivity index (χ1v) is 5.15. The van der Waals surface area contributed by atoms with Crippen molar-refractivity contribution >= 4 is 11.7 Å². The van der Waals surface area contributed by atoms with Gasteiger partial charge in [0.05, 0.1) is 12.7 Å². The van der Waals surface area contributed by atoms with Gasteiger partial charge in [0.1, 0.15) is 0 Å². The fourth-order valence-electron chi connectivity index (χ4n) is 1.28. The Morgan fingerprint density at radius 3 is 2.75 bits per heavy atom. The predicted octanol–water partition coefficient (Wildman–Crippen LogP) is 1.62. The second-order valence-electron chi connectivity index (χ2n) is 4.29. The van der Waals surface area contributed by atoms with Crippen LogP contribution in [0.15, 0.2) is 24.3 Å². The zero-order valence-electron chi connectivity index (χ0n) is 9.91. The lowest BCUT2D eigenvalue weighted by atomic mass is 10.1. The van der Waals surface area contributed by atoms with Gasteiger partial charge in [-0.05, 0) is 32.0 Å². The van der Waals surface area contributed by atoms with Crippen LogP contribution in [0, 0.1) is 0 Å². The monoisotopic (exact) mass is 222 g/mol. The summed E-state index contributed by atoms with van der Waals surface area (Å²) in [6.07, 6.45) is 0. The first-order chi connectivity index (χ1) is 7.48. The molecule has 4 heteroatoms. The molecule has 0 aromatic heterocycles. The smallest absolute Gasteiger partial charge is 0.337 e. The Bertz CT molecular complexity index is 375. The topological polar surface area (TPSA) is 64.3 Å². The maximum atomic E-state index is 11.3. The standard InChI is InChI=1S/C12H18N2O2/c1-12(2,8-13)14-10-6-4-5-9(7-10)11(15)16-3/h4-7,14H,8,13H2,1-3H3. The van der Waals surface area contributed by atoms with Crippen LogP contribution in [-0.2, 0) is 4.74 Å². The Kier molecular flexibility index (Phi) is 3.90. The number of benzene rings is 1. The zero-order chi connectivity index (χ0) is 12.2. The van der Waals surface area contributed by atoms with Crippen LogP contribution in [0.3, 0.4) is 0 Å². The van der Waals surface area contributed by atoms with E-state index in [2.05, 4.69) is 10.1 Å². The van der Waals surface area contributed by atoms with Crippen molar-refractivity contribution in [2.24, 2.45) is 5.73 Å². The first-order valence-electron chi connectivity index (χ1n) is 5.15. The number of nitrogens with one attached hydrogen (secondary N) is 1. The van der Waals surface area contributed by atoms with Crippen LogP contribution in [0.25, 0.3) is 0 Å². The summed E-state index contributed by atoms with van der Waals surface area (Å²) in [6.45, 7) is 4.51. The van der Waals surface area contributed by atoms with Crippen LogP contribution in [0.4, 0.5) is 5.69 Å². The van der Waals surface area contributed by atoms with Crippen LogP contribution in [-0.4, -0.2) is 25.2 Å². The molecule has 0 amide bonds. The van der Waals surface area contributed by atoms with Gasteiger partial charge in [0.25, 0.3) is 0 Å². The molecule has 4 nitrogen and oxygen atoms in total. The predicted molar refractivity (Wildman–Crippen MR) is 64.5 cm³/mol. The van der Waals surface area contributed by atoms with Gasteiger partial charge < -0.3 is 15.8 Å². The van der Waals surface area contributed by atoms with Crippen molar-refractivity contribution in [2.45, 2.75) is 19.4 Å². The van der Waals surface area contributed by atoms with Crippen molar-refractivity contribution in [3.8, 4) is 0 Å². The summed E-state index contributed by atoms with van der Waals surface area (Å²) in [4.78, 5) is 11.3. The Hall–Kier alpha value is -1.55. The summed E-state index contributed by atoms with van der Waals surface area (Å²) >= 11 is 0. The van der Waals surface area contributed by atoms with Gasteiger partial charge in [0.2, 0.25) is 0 Å². The van der Waals surface area contributed by atoms with Crippen LogP contribution >= 0.6 is 0 Å². The molecule has 0 saturated carbocycles. The van der Waals surface area contributed by atoms with Crippen molar-refractivity contribution in [2.75, 3.05) is 19.0 Å². The third-order valence-electron chi connectivity index (χ3n) is 2.28. The second-order valence-corrected chi connectivity index (χ2v) is 4.29. The lowest BCUT2D eigenvalue weighted by molar-refractivity contribution is 0.0601. The minimum Gasteiger partial charge on any atom is -0.465 e. The molecule has 0 spiro atoms. The minimum absolute atomic E-state index is 0.200. The number of hydrogen-bond donors (Lipinski definition) is 2. The first kappa shape index (κ1) is 12.5. The molecule has 88 valence electrons. The molecular formula is C12H18N2O2. The average molecular weight is 222 g/mol. The lowest BCUT2D eigenvalue weighted by Gasteiger charge is -2.25. The highest BCUT2D eigenvalue weighted by atomic mass is 16.5. The number of methoxy groups -OCH3 is 1. The lowest BCUT2D eigenvalue weighted by Crippen LogP contribution is -2.39. The summed E-state index contributed by atoms with van der Waals surface area (Å²) in [5.74, 6) is -0.339. The number of esters is 1. The highest BCUT2D eigenvalue weighted by molar-refractivity contribution is 5.90. The van der Waals surface area contributed by atoms with Gasteiger partial charge in [0.15, 0.2) is 0 Å². The number of carbonyl (C=O) groups excluding carboxylic acids is 1. The van der Waals surface area contributed by atoms with Crippen LogP contribution in [0.1, 0.15) is 24.2 Å². The van der Waals surface area contributed by atoms with Gasteiger partial charge in [-0.15, -0.1) is 0 Å². The summed E-state index contributed by atoms with van der Waals surface area (Å²) in [6, 6.07) is 7.17. The molecule has 3 N–H and O–H groups in total. The Labute approximate surface area is 95.8 Å². The van der Waals surface area contributed by atoms with E-state index in [1.54, 1.807) is 18.2 Å². The molecule has 0 saturated heterocycles. The molecule has 0 aliphatic rings. The van der Waals surface area contributed by atoms with Crippen molar-refractivity contribution in [3.63, 3.8) is 0 Å². The molecule has 16 heavy (non-hydrogen) atoms. The molecule has 0 aliphatic carbocycles. The van der Waals surface area contributed by atoms with Crippen LogP contribution in [0.2, 0.25) is 0 Å². The van der Waals surface area contributed by atoms with E-state index in [0.29, 0.717) is 12.1 Å². The number of hydrogen-bond acceptors (Lipinski definition) is 4. The van der Waals surface area contributed by atoms with Crippen molar-refractivity contribution in [1.29, 1.82) is 0 Å². The summed E-state index contributed by atoms with van der Waals surface area (Å²) in [7, 11) is 1.37. The van der Waals surface area contributed by atoms with Crippen molar-refractivity contribution < 1.29 is 9.53 Å². The quantitative estimate of drug-likeness (QED) is 0.760. The number of nitrogens with two attached hydrogens (primary N) is 1. The molecule has 0 unspecified atom stereocenters. The SMILES string of the molecule is COC(=O)c1cccc(NC(C)(C)CN)c1. The molecule has 0 bridgehead atoms. The van der Waals surface area contributed by atoms with E-state index in [0.717, 1.165) is 5.69 Å². The van der Waals surface area contributed by atoms with Gasteiger partial charge in [-0.1, -0.05) is 6.07 Å². The van der Waals surface area contributed by atoms with E-state index < -0.39 is 0 Å². The zero-order valence-corrected chi connectivity index (χ0v) is 9.91. The highest BCUT2D eigenvalue weighted by Gasteiger charge is 2.15. The Morgan fingerprint density at radius 1 is 1.50 bits per heavy atom. The normalized spacial score (nSPS) is 11.0. The molecule has 0 fully saturated rings. The summed E-state index contributed by atoms with van der Waals surface area (Å²) in [5, 5.41) is 3.25. The second kappa shape index (κ2) is 4.99. The van der Waals surface area contributed by atoms with Gasteiger partial charge in [-0.2, -0.15) is 0 Å². The third kappa shape index (κ3) is 3.24. The third-order valence-corrected chi connectivity index (χ3v) is 2.28. The van der Waals surface area contributed by atoms with Crippen molar-refractivity contribution in [1.82, 2.24) is 0 Å². The molecule has 0 aliphatic heterocycles. The van der Waals surface area contributed by atoms with Gasteiger partial charge in [-0.25, -0.2) is 4.79 Å². The van der Waals surface area contributed by atoms with E-state index in [9.17, 15) is 4.79 Å². The van der Waals surface area contributed by atoms with Gasteiger partial charge >= 0.3 is 5.97 Å². The maximum absolute atomic E-state index is 11.3. The summed E-state index contributed by atoms with van der Waals surface area (Å²) in [5.41, 5.74) is 6.81. The fraction of sp³-hybridized carbons (Fsp3) is 0.417.